The van der Waals surface area contributed by atoms with Crippen LogP contribution in [0.1, 0.15) is 42.8 Å². The number of hydrogen-bond donors (Lipinski definition) is 1. The van der Waals surface area contributed by atoms with Crippen molar-refractivity contribution in [1.82, 2.24) is 9.55 Å². The number of nitriles is 1. The molecule has 0 radical (unpaired) electrons. The lowest BCUT2D eigenvalue weighted by molar-refractivity contribution is 0.0613. The van der Waals surface area contributed by atoms with Crippen LogP contribution in [-0.4, -0.2) is 14.7 Å². The van der Waals surface area contributed by atoms with Crippen LogP contribution in [0.15, 0.2) is 36.8 Å². The summed E-state index contributed by atoms with van der Waals surface area (Å²) in [5, 5.41) is 20.6. The minimum absolute atomic E-state index is 0.205. The largest absolute Gasteiger partial charge is 0.385 e. The molecule has 1 N–H and O–H groups in total. The molecule has 108 valence electrons. The Morgan fingerprint density at radius 2 is 1.90 bits per heavy atom. The third kappa shape index (κ3) is 2.14. The van der Waals surface area contributed by atoms with Gasteiger partial charge in [0.1, 0.15) is 6.10 Å². The molecule has 1 aliphatic carbocycles. The topological polar surface area (TPSA) is 61.8 Å². The fraction of sp³-hybridized carbons (Fsp3) is 0.412. The molecule has 0 spiro atoms. The van der Waals surface area contributed by atoms with Crippen molar-refractivity contribution in [2.75, 3.05) is 0 Å². The molecule has 0 bridgehead atoms. The van der Waals surface area contributed by atoms with Crippen molar-refractivity contribution < 1.29 is 5.11 Å². The predicted molar refractivity (Wildman–Crippen MR) is 79.5 cm³/mol. The Kier molecular flexibility index (Phi) is 3.30. The molecule has 0 saturated carbocycles. The molecule has 3 rings (SSSR count). The first-order valence-corrected chi connectivity index (χ1v) is 7.25. The third-order valence-electron chi connectivity index (χ3n) is 4.41. The van der Waals surface area contributed by atoms with Gasteiger partial charge in [0.15, 0.2) is 0 Å². The van der Waals surface area contributed by atoms with Gasteiger partial charge in [-0.3, -0.25) is 0 Å². The lowest BCUT2D eigenvalue weighted by Gasteiger charge is -2.28. The van der Waals surface area contributed by atoms with Gasteiger partial charge in [-0.15, -0.1) is 0 Å². The van der Waals surface area contributed by atoms with E-state index < -0.39 is 11.5 Å². The van der Waals surface area contributed by atoms with Crippen molar-refractivity contribution in [3.63, 3.8) is 0 Å². The Labute approximate surface area is 124 Å². The van der Waals surface area contributed by atoms with Gasteiger partial charge in [-0.05, 0) is 37.8 Å². The smallest absolute Gasteiger partial charge is 0.115 e. The van der Waals surface area contributed by atoms with Crippen LogP contribution in [0, 0.1) is 16.7 Å². The van der Waals surface area contributed by atoms with Crippen LogP contribution < -0.4 is 0 Å². The number of aromatic nitrogens is 2. The van der Waals surface area contributed by atoms with E-state index in [0.717, 1.165) is 16.8 Å². The molecule has 1 unspecified atom stereocenters. The van der Waals surface area contributed by atoms with Crippen molar-refractivity contribution in [2.45, 2.75) is 38.8 Å². The Morgan fingerprint density at radius 3 is 2.43 bits per heavy atom. The third-order valence-corrected chi connectivity index (χ3v) is 4.41. The summed E-state index contributed by atoms with van der Waals surface area (Å²) < 4.78 is 1.94. The number of benzene rings is 1. The van der Waals surface area contributed by atoms with E-state index in [1.54, 1.807) is 12.5 Å². The molecule has 0 amide bonds. The van der Waals surface area contributed by atoms with Gasteiger partial charge in [0.25, 0.3) is 0 Å². The van der Waals surface area contributed by atoms with Crippen molar-refractivity contribution >= 4 is 0 Å². The number of imidazole rings is 1. The average Bonchev–Trinajstić information content (AvgIpc) is 3.11. The Bertz CT molecular complexity index is 671. The molecule has 1 aromatic heterocycles. The summed E-state index contributed by atoms with van der Waals surface area (Å²) >= 11 is 0. The monoisotopic (exact) mass is 281 g/mol. The molecule has 4 heteroatoms. The number of fused-ring (bicyclic) bond motifs is 1. The number of aliphatic hydroxyl groups is 1. The number of nitrogens with zero attached hydrogens (tertiary/aromatic N) is 3. The molecule has 1 heterocycles. The van der Waals surface area contributed by atoms with E-state index >= 15 is 0 Å². The van der Waals surface area contributed by atoms with Gasteiger partial charge in [-0.25, -0.2) is 4.98 Å². The van der Waals surface area contributed by atoms with E-state index in [9.17, 15) is 10.4 Å². The SMILES string of the molecule is CC(C)n1cncc1C(O)C1(C#N)Cc2ccccc2C1. The molecule has 21 heavy (non-hydrogen) atoms. The molecule has 2 aromatic rings. The van der Waals surface area contributed by atoms with Crippen LogP contribution in [0.25, 0.3) is 0 Å². The van der Waals surface area contributed by atoms with Gasteiger partial charge in [0.2, 0.25) is 0 Å². The highest BCUT2D eigenvalue weighted by atomic mass is 16.3. The van der Waals surface area contributed by atoms with Crippen molar-refractivity contribution in [2.24, 2.45) is 5.41 Å². The van der Waals surface area contributed by atoms with Crippen LogP contribution in [0.4, 0.5) is 0 Å². The van der Waals surface area contributed by atoms with E-state index in [4.69, 9.17) is 0 Å². The number of aliphatic hydroxyl groups excluding tert-OH is 1. The van der Waals surface area contributed by atoms with Gasteiger partial charge in [0.05, 0.1) is 29.7 Å². The summed E-state index contributed by atoms with van der Waals surface area (Å²) in [6.07, 6.45) is 3.73. The van der Waals surface area contributed by atoms with Crippen LogP contribution in [0.2, 0.25) is 0 Å². The maximum Gasteiger partial charge on any atom is 0.115 e. The van der Waals surface area contributed by atoms with Crippen LogP contribution in [0.5, 0.6) is 0 Å². The first-order valence-electron chi connectivity index (χ1n) is 7.25. The van der Waals surface area contributed by atoms with E-state index in [1.165, 1.54) is 0 Å². The second-order valence-corrected chi connectivity index (χ2v) is 6.11. The molecule has 1 aliphatic rings. The zero-order valence-corrected chi connectivity index (χ0v) is 12.3. The normalized spacial score (nSPS) is 17.5. The second-order valence-electron chi connectivity index (χ2n) is 6.11. The fourth-order valence-electron chi connectivity index (χ4n) is 3.22. The van der Waals surface area contributed by atoms with Gasteiger partial charge in [0, 0.05) is 6.04 Å². The molecule has 1 aromatic carbocycles. The number of rotatable bonds is 3. The lowest BCUT2D eigenvalue weighted by atomic mass is 9.79. The maximum absolute atomic E-state index is 10.9. The summed E-state index contributed by atoms with van der Waals surface area (Å²) in [6.45, 7) is 4.08. The lowest BCUT2D eigenvalue weighted by Crippen LogP contribution is -2.30. The minimum Gasteiger partial charge on any atom is -0.385 e. The molecule has 1 atom stereocenters. The second kappa shape index (κ2) is 5.01. The molecule has 0 fully saturated rings. The molecule has 0 aliphatic heterocycles. The minimum atomic E-state index is -0.834. The Balaban J connectivity index is 1.99. The average molecular weight is 281 g/mol. The fourth-order valence-corrected chi connectivity index (χ4v) is 3.22. The summed E-state index contributed by atoms with van der Waals surface area (Å²) in [4.78, 5) is 4.14. The van der Waals surface area contributed by atoms with Gasteiger partial charge in [-0.1, -0.05) is 24.3 Å². The van der Waals surface area contributed by atoms with Gasteiger partial charge >= 0.3 is 0 Å². The summed E-state index contributed by atoms with van der Waals surface area (Å²) in [6, 6.07) is 10.6. The van der Waals surface area contributed by atoms with E-state index in [-0.39, 0.29) is 6.04 Å². The summed E-state index contributed by atoms with van der Waals surface area (Å²) in [7, 11) is 0. The van der Waals surface area contributed by atoms with Crippen LogP contribution in [-0.2, 0) is 12.8 Å². The highest BCUT2D eigenvalue weighted by Gasteiger charge is 2.45. The summed E-state index contributed by atoms with van der Waals surface area (Å²) in [5.41, 5.74) is 2.25. The highest BCUT2D eigenvalue weighted by molar-refractivity contribution is 5.39. The molecular formula is C17H19N3O. The summed E-state index contributed by atoms with van der Waals surface area (Å²) in [5.74, 6) is 0. The standard InChI is InChI=1S/C17H19N3O/c1-12(2)20-11-19-9-15(20)16(21)17(10-18)7-13-5-3-4-6-14(13)8-17/h3-6,9,11-12,16,21H,7-8H2,1-2H3. The van der Waals surface area contributed by atoms with Crippen LogP contribution in [0.3, 0.4) is 0 Å². The number of hydrogen-bond acceptors (Lipinski definition) is 3. The Hall–Kier alpha value is -2.12. The van der Waals surface area contributed by atoms with Crippen molar-refractivity contribution in [3.8, 4) is 6.07 Å². The molecular weight excluding hydrogens is 262 g/mol. The van der Waals surface area contributed by atoms with Crippen LogP contribution >= 0.6 is 0 Å². The van der Waals surface area contributed by atoms with E-state index in [0.29, 0.717) is 12.8 Å². The quantitative estimate of drug-likeness (QED) is 0.941. The maximum atomic E-state index is 10.9. The van der Waals surface area contributed by atoms with Gasteiger partial charge < -0.3 is 9.67 Å². The molecule has 0 saturated heterocycles. The zero-order valence-electron chi connectivity index (χ0n) is 12.3. The first kappa shape index (κ1) is 13.8. The van der Waals surface area contributed by atoms with Crippen molar-refractivity contribution in [3.05, 3.63) is 53.6 Å². The van der Waals surface area contributed by atoms with E-state index in [2.05, 4.69) is 11.1 Å². The Morgan fingerprint density at radius 1 is 1.29 bits per heavy atom. The highest BCUT2D eigenvalue weighted by Crippen LogP contribution is 2.45. The first-order chi connectivity index (χ1) is 10.1. The molecule has 4 nitrogen and oxygen atoms in total. The van der Waals surface area contributed by atoms with Crippen molar-refractivity contribution in [1.29, 1.82) is 5.26 Å². The van der Waals surface area contributed by atoms with Gasteiger partial charge in [-0.2, -0.15) is 5.26 Å². The zero-order chi connectivity index (χ0) is 15.0. The predicted octanol–water partition coefficient (Wildman–Crippen LogP) is 2.81. The van der Waals surface area contributed by atoms with E-state index in [1.807, 2.05) is 42.7 Å².